The Balaban J connectivity index is 1.60. The molecule has 1 fully saturated rings. The van der Waals surface area contributed by atoms with Crippen LogP contribution in [0.4, 0.5) is 0 Å². The minimum Gasteiger partial charge on any atom is -0.383 e. The summed E-state index contributed by atoms with van der Waals surface area (Å²) in [4.78, 5) is 12.7. The van der Waals surface area contributed by atoms with Gasteiger partial charge in [-0.15, -0.1) is 23.5 Å². The SMILES string of the molecule is O=C1CC(SCc2ccccc2)C(O)(c2ccccc2)C(SCc2ccccc2)C1. The second-order valence-corrected chi connectivity index (χ2v) is 10.1. The molecule has 0 amide bonds. The average molecular weight is 435 g/mol. The molecule has 0 aliphatic heterocycles. The maximum atomic E-state index is 12.7. The lowest BCUT2D eigenvalue weighted by Gasteiger charge is -2.45. The zero-order valence-electron chi connectivity index (χ0n) is 16.8. The third kappa shape index (κ3) is 4.83. The quantitative estimate of drug-likeness (QED) is 0.507. The van der Waals surface area contributed by atoms with E-state index in [0.717, 1.165) is 17.1 Å². The number of rotatable bonds is 7. The maximum Gasteiger partial charge on any atom is 0.135 e. The van der Waals surface area contributed by atoms with Crippen LogP contribution in [0, 0.1) is 0 Å². The van der Waals surface area contributed by atoms with Crippen molar-refractivity contribution in [2.45, 2.75) is 40.4 Å². The summed E-state index contributed by atoms with van der Waals surface area (Å²) >= 11 is 3.39. The van der Waals surface area contributed by atoms with Crippen molar-refractivity contribution in [1.29, 1.82) is 0 Å². The van der Waals surface area contributed by atoms with E-state index in [9.17, 15) is 9.90 Å². The van der Waals surface area contributed by atoms with Crippen molar-refractivity contribution < 1.29 is 9.90 Å². The Labute approximate surface area is 187 Å². The zero-order chi connectivity index (χ0) is 20.8. The van der Waals surface area contributed by atoms with Crippen LogP contribution in [0.2, 0.25) is 0 Å². The first-order valence-corrected chi connectivity index (χ1v) is 12.4. The summed E-state index contributed by atoms with van der Waals surface area (Å²) in [5.74, 6) is 1.81. The Hall–Kier alpha value is -2.01. The first-order valence-electron chi connectivity index (χ1n) is 10.3. The molecule has 4 heteroatoms. The highest BCUT2D eigenvalue weighted by Crippen LogP contribution is 2.48. The van der Waals surface area contributed by atoms with Gasteiger partial charge in [0.1, 0.15) is 11.4 Å². The van der Waals surface area contributed by atoms with Crippen LogP contribution < -0.4 is 0 Å². The predicted octanol–water partition coefficient (Wildman–Crippen LogP) is 5.84. The van der Waals surface area contributed by atoms with Gasteiger partial charge in [0.25, 0.3) is 0 Å². The molecule has 3 aromatic carbocycles. The van der Waals surface area contributed by atoms with E-state index >= 15 is 0 Å². The summed E-state index contributed by atoms with van der Waals surface area (Å²) in [5.41, 5.74) is 2.29. The van der Waals surface area contributed by atoms with E-state index in [1.807, 2.05) is 66.7 Å². The van der Waals surface area contributed by atoms with Gasteiger partial charge < -0.3 is 5.11 Å². The van der Waals surface area contributed by atoms with Gasteiger partial charge in [0, 0.05) is 34.8 Å². The fourth-order valence-corrected chi connectivity index (χ4v) is 6.98. The van der Waals surface area contributed by atoms with Gasteiger partial charge in [-0.1, -0.05) is 91.0 Å². The van der Waals surface area contributed by atoms with Crippen LogP contribution in [-0.2, 0) is 21.9 Å². The Kier molecular flexibility index (Phi) is 6.98. The van der Waals surface area contributed by atoms with Gasteiger partial charge in [0.2, 0.25) is 0 Å². The van der Waals surface area contributed by atoms with Crippen LogP contribution in [0.15, 0.2) is 91.0 Å². The van der Waals surface area contributed by atoms with Crippen molar-refractivity contribution in [1.82, 2.24) is 0 Å². The van der Waals surface area contributed by atoms with Crippen LogP contribution in [0.3, 0.4) is 0 Å². The third-order valence-corrected chi connectivity index (χ3v) is 8.49. The Morgan fingerprint density at radius 1 is 0.700 bits per heavy atom. The van der Waals surface area contributed by atoms with Crippen LogP contribution in [0.1, 0.15) is 29.5 Å². The van der Waals surface area contributed by atoms with Crippen molar-refractivity contribution >= 4 is 29.3 Å². The van der Waals surface area contributed by atoms with Gasteiger partial charge in [-0.05, 0) is 16.7 Å². The molecule has 4 rings (SSSR count). The number of benzene rings is 3. The summed E-state index contributed by atoms with van der Waals surface area (Å²) in [6.07, 6.45) is 0.816. The topological polar surface area (TPSA) is 37.3 Å². The molecule has 1 aliphatic rings. The molecule has 0 heterocycles. The number of carbonyl (C=O) groups is 1. The van der Waals surface area contributed by atoms with E-state index in [0.29, 0.717) is 12.8 Å². The van der Waals surface area contributed by atoms with E-state index in [4.69, 9.17) is 0 Å². The van der Waals surface area contributed by atoms with E-state index in [1.54, 1.807) is 23.5 Å². The summed E-state index contributed by atoms with van der Waals surface area (Å²) < 4.78 is 0. The van der Waals surface area contributed by atoms with Gasteiger partial charge in [-0.2, -0.15) is 0 Å². The van der Waals surface area contributed by atoms with Crippen molar-refractivity contribution in [3.05, 3.63) is 108 Å². The Morgan fingerprint density at radius 3 is 1.53 bits per heavy atom. The molecule has 0 radical (unpaired) electrons. The highest BCUT2D eigenvalue weighted by molar-refractivity contribution is 8.00. The summed E-state index contributed by atoms with van der Waals surface area (Å²) in [5, 5.41) is 11.8. The number of thioether (sulfide) groups is 2. The molecule has 1 N–H and O–H groups in total. The Morgan fingerprint density at radius 2 is 1.10 bits per heavy atom. The molecule has 0 saturated heterocycles. The lowest BCUT2D eigenvalue weighted by molar-refractivity contribution is -0.124. The average Bonchev–Trinajstić information content (AvgIpc) is 2.80. The molecule has 2 unspecified atom stereocenters. The van der Waals surface area contributed by atoms with Gasteiger partial charge >= 0.3 is 0 Å². The van der Waals surface area contributed by atoms with Gasteiger partial charge in [-0.3, -0.25) is 4.79 Å². The van der Waals surface area contributed by atoms with E-state index < -0.39 is 5.60 Å². The first kappa shape index (κ1) is 21.2. The smallest absolute Gasteiger partial charge is 0.135 e. The van der Waals surface area contributed by atoms with E-state index in [-0.39, 0.29) is 16.3 Å². The summed E-state index contributed by atoms with van der Waals surface area (Å²) in [6.45, 7) is 0. The highest BCUT2D eigenvalue weighted by atomic mass is 32.2. The molecule has 2 nitrogen and oxygen atoms in total. The molecule has 0 bridgehead atoms. The van der Waals surface area contributed by atoms with Crippen molar-refractivity contribution in [2.75, 3.05) is 0 Å². The zero-order valence-corrected chi connectivity index (χ0v) is 18.4. The molecular weight excluding hydrogens is 408 g/mol. The summed E-state index contributed by atoms with van der Waals surface area (Å²) in [6, 6.07) is 30.5. The number of carbonyl (C=O) groups excluding carboxylic acids is 1. The van der Waals surface area contributed by atoms with E-state index in [1.165, 1.54) is 11.1 Å². The fourth-order valence-electron chi connectivity index (χ4n) is 4.01. The second kappa shape index (κ2) is 9.86. The molecule has 154 valence electrons. The number of aliphatic hydroxyl groups is 1. The minimum atomic E-state index is -1.05. The molecule has 2 atom stereocenters. The van der Waals surface area contributed by atoms with Gasteiger partial charge in [0.05, 0.1) is 0 Å². The summed E-state index contributed by atoms with van der Waals surface area (Å²) in [7, 11) is 0. The minimum absolute atomic E-state index is 0.172. The standard InChI is InChI=1S/C26H26O2S2/c27-23-16-24(29-18-20-10-4-1-5-11-20)26(28,22-14-8-3-9-15-22)25(17-23)30-19-21-12-6-2-7-13-21/h1-15,24-25,28H,16-19H2. The van der Waals surface area contributed by atoms with Gasteiger partial charge in [-0.25, -0.2) is 0 Å². The van der Waals surface area contributed by atoms with Crippen LogP contribution >= 0.6 is 23.5 Å². The monoisotopic (exact) mass is 434 g/mol. The lowest BCUT2D eigenvalue weighted by Crippen LogP contribution is -2.52. The van der Waals surface area contributed by atoms with Crippen LogP contribution in [0.5, 0.6) is 0 Å². The van der Waals surface area contributed by atoms with Crippen molar-refractivity contribution in [3.63, 3.8) is 0 Å². The largest absolute Gasteiger partial charge is 0.383 e. The molecule has 30 heavy (non-hydrogen) atoms. The molecular formula is C26H26O2S2. The second-order valence-electron chi connectivity index (χ2n) is 7.71. The number of Topliss-reactive ketones (excluding diaryl/α,β-unsaturated/α-hetero) is 1. The number of hydrogen-bond acceptors (Lipinski definition) is 4. The molecule has 0 aromatic heterocycles. The maximum absolute atomic E-state index is 12.7. The normalized spacial score (nSPS) is 24.0. The van der Waals surface area contributed by atoms with Crippen molar-refractivity contribution in [3.8, 4) is 0 Å². The number of ketones is 1. The molecule has 1 aliphatic carbocycles. The first-order chi connectivity index (χ1) is 14.7. The molecule has 0 spiro atoms. The van der Waals surface area contributed by atoms with Crippen LogP contribution in [0.25, 0.3) is 0 Å². The molecule has 3 aromatic rings. The Bertz CT molecular complexity index is 889. The highest BCUT2D eigenvalue weighted by Gasteiger charge is 2.50. The van der Waals surface area contributed by atoms with Gasteiger partial charge in [0.15, 0.2) is 0 Å². The van der Waals surface area contributed by atoms with Crippen molar-refractivity contribution in [2.24, 2.45) is 0 Å². The lowest BCUT2D eigenvalue weighted by atomic mass is 9.78. The van der Waals surface area contributed by atoms with Crippen LogP contribution in [-0.4, -0.2) is 21.4 Å². The predicted molar refractivity (Wildman–Crippen MR) is 128 cm³/mol. The number of hydrogen-bond donors (Lipinski definition) is 1. The third-order valence-electron chi connectivity index (χ3n) is 5.63. The fraction of sp³-hybridized carbons (Fsp3) is 0.269. The molecule has 1 saturated carbocycles. The van der Waals surface area contributed by atoms with E-state index in [2.05, 4.69) is 24.3 Å².